The van der Waals surface area contributed by atoms with Gasteiger partial charge in [-0.25, -0.2) is 9.18 Å². The van der Waals surface area contributed by atoms with E-state index in [2.05, 4.69) is 5.32 Å². The molecule has 3 amide bonds. The van der Waals surface area contributed by atoms with Crippen molar-refractivity contribution in [1.29, 1.82) is 0 Å². The number of carbonyl (C=O) groups excluding carboxylic acids is 2. The van der Waals surface area contributed by atoms with Crippen molar-refractivity contribution in [2.45, 2.75) is 19.4 Å². The monoisotopic (exact) mass is 426 g/mol. The van der Waals surface area contributed by atoms with Crippen LogP contribution in [0.5, 0.6) is 5.75 Å². The normalized spacial score (nSPS) is 19.0. The number of urea groups is 1. The van der Waals surface area contributed by atoms with Crippen LogP contribution in [0.4, 0.5) is 20.6 Å². The van der Waals surface area contributed by atoms with Gasteiger partial charge < -0.3 is 24.8 Å². The van der Waals surface area contributed by atoms with E-state index in [0.717, 1.165) is 11.4 Å². The van der Waals surface area contributed by atoms with E-state index in [1.807, 2.05) is 42.2 Å². The molecule has 31 heavy (non-hydrogen) atoms. The first-order valence-electron chi connectivity index (χ1n) is 10.6. The van der Waals surface area contributed by atoms with E-state index in [-0.39, 0.29) is 30.2 Å². The Morgan fingerprint density at radius 2 is 1.81 bits per heavy atom. The smallest absolute Gasteiger partial charge is 0.317 e. The lowest BCUT2D eigenvalue weighted by atomic mass is 10.2. The summed E-state index contributed by atoms with van der Waals surface area (Å²) in [5.74, 6) is 0.496. The molecule has 1 unspecified atom stereocenters. The fourth-order valence-corrected chi connectivity index (χ4v) is 4.07. The third-order valence-electron chi connectivity index (χ3n) is 5.67. The van der Waals surface area contributed by atoms with Crippen molar-refractivity contribution >= 4 is 23.3 Å². The van der Waals surface area contributed by atoms with Crippen LogP contribution in [-0.2, 0) is 4.79 Å². The van der Waals surface area contributed by atoms with Gasteiger partial charge in [-0.1, -0.05) is 12.1 Å². The van der Waals surface area contributed by atoms with Gasteiger partial charge in [0.1, 0.15) is 11.6 Å². The van der Waals surface area contributed by atoms with Crippen LogP contribution >= 0.6 is 0 Å². The van der Waals surface area contributed by atoms with E-state index < -0.39 is 0 Å². The Morgan fingerprint density at radius 1 is 1.10 bits per heavy atom. The third-order valence-corrected chi connectivity index (χ3v) is 5.67. The number of nitrogens with zero attached hydrogens (tertiary/aromatic N) is 3. The molecule has 2 aliphatic rings. The van der Waals surface area contributed by atoms with E-state index in [1.165, 1.54) is 6.07 Å². The minimum atomic E-state index is -0.251. The Balaban J connectivity index is 1.29. The molecule has 164 valence electrons. The van der Waals surface area contributed by atoms with E-state index in [0.29, 0.717) is 45.0 Å². The highest BCUT2D eigenvalue weighted by atomic mass is 19.1. The lowest BCUT2D eigenvalue weighted by Crippen LogP contribution is -2.54. The number of carbonyl (C=O) groups is 2. The number of rotatable bonds is 5. The van der Waals surface area contributed by atoms with Crippen molar-refractivity contribution in [3.63, 3.8) is 0 Å². The van der Waals surface area contributed by atoms with Crippen LogP contribution in [0.25, 0.3) is 0 Å². The Hall–Kier alpha value is -3.29. The molecule has 1 N–H and O–H groups in total. The second-order valence-corrected chi connectivity index (χ2v) is 7.71. The summed E-state index contributed by atoms with van der Waals surface area (Å²) in [6.07, 6.45) is 0.272. The number of piperazine rings is 1. The Kier molecular flexibility index (Phi) is 6.25. The zero-order valence-electron chi connectivity index (χ0n) is 17.6. The van der Waals surface area contributed by atoms with Crippen LogP contribution < -0.4 is 19.9 Å². The summed E-state index contributed by atoms with van der Waals surface area (Å²) in [5.41, 5.74) is 1.36. The number of para-hydroxylation sites is 1. The van der Waals surface area contributed by atoms with Crippen LogP contribution in [0.15, 0.2) is 48.5 Å². The average molecular weight is 426 g/mol. The van der Waals surface area contributed by atoms with Crippen molar-refractivity contribution in [3.8, 4) is 5.75 Å². The lowest BCUT2D eigenvalue weighted by molar-refractivity contribution is -0.117. The summed E-state index contributed by atoms with van der Waals surface area (Å²) in [6, 6.07) is 13.7. The molecule has 0 radical (unpaired) electrons. The summed E-state index contributed by atoms with van der Waals surface area (Å²) < 4.78 is 19.4. The van der Waals surface area contributed by atoms with Crippen LogP contribution in [-0.4, -0.2) is 62.2 Å². The van der Waals surface area contributed by atoms with Crippen LogP contribution in [0.2, 0.25) is 0 Å². The molecular formula is C23H27FN4O3. The summed E-state index contributed by atoms with van der Waals surface area (Å²) in [5, 5.41) is 2.98. The average Bonchev–Trinajstić information content (AvgIpc) is 3.15. The minimum Gasteiger partial charge on any atom is -0.494 e. The first kappa shape index (κ1) is 21.0. The van der Waals surface area contributed by atoms with Crippen molar-refractivity contribution in [3.05, 3.63) is 54.3 Å². The fraction of sp³-hybridized carbons (Fsp3) is 0.391. The zero-order chi connectivity index (χ0) is 21.8. The number of ether oxygens (including phenoxy) is 1. The largest absolute Gasteiger partial charge is 0.494 e. The predicted octanol–water partition coefficient (Wildman–Crippen LogP) is 2.86. The number of hydrogen-bond donors (Lipinski definition) is 1. The maximum Gasteiger partial charge on any atom is 0.317 e. The molecule has 2 fully saturated rings. The topological polar surface area (TPSA) is 65.1 Å². The first-order chi connectivity index (χ1) is 15.0. The van der Waals surface area contributed by atoms with Crippen molar-refractivity contribution in [2.75, 3.05) is 49.1 Å². The minimum absolute atomic E-state index is 0.0150. The number of amides is 3. The highest BCUT2D eigenvalue weighted by Gasteiger charge is 2.33. The maximum atomic E-state index is 14.0. The lowest BCUT2D eigenvalue weighted by Gasteiger charge is -2.36. The SMILES string of the molecule is CCOc1ccc(N2CC(NC(=O)N3CCN(c4ccccc4F)CC3)CC2=O)cc1. The fourth-order valence-electron chi connectivity index (χ4n) is 4.07. The van der Waals surface area contributed by atoms with Gasteiger partial charge in [0.15, 0.2) is 0 Å². The summed E-state index contributed by atoms with van der Waals surface area (Å²) in [4.78, 5) is 30.5. The molecule has 2 saturated heterocycles. The summed E-state index contributed by atoms with van der Waals surface area (Å²) >= 11 is 0. The van der Waals surface area contributed by atoms with E-state index in [9.17, 15) is 14.0 Å². The van der Waals surface area contributed by atoms with Gasteiger partial charge in [-0.2, -0.15) is 0 Å². The quantitative estimate of drug-likeness (QED) is 0.799. The van der Waals surface area contributed by atoms with Crippen LogP contribution in [0.1, 0.15) is 13.3 Å². The Morgan fingerprint density at radius 3 is 2.48 bits per heavy atom. The van der Waals surface area contributed by atoms with Gasteiger partial charge >= 0.3 is 6.03 Å². The van der Waals surface area contributed by atoms with Crippen molar-refractivity contribution in [1.82, 2.24) is 10.2 Å². The molecule has 2 aliphatic heterocycles. The van der Waals surface area contributed by atoms with Crippen LogP contribution in [0, 0.1) is 5.82 Å². The zero-order valence-corrected chi connectivity index (χ0v) is 17.6. The maximum absolute atomic E-state index is 14.0. The first-order valence-corrected chi connectivity index (χ1v) is 10.6. The Labute approximate surface area is 181 Å². The van der Waals surface area contributed by atoms with Crippen molar-refractivity contribution < 1.29 is 18.7 Å². The number of halogens is 1. The summed E-state index contributed by atoms with van der Waals surface area (Å²) in [7, 11) is 0. The number of benzene rings is 2. The van der Waals surface area contributed by atoms with Gasteiger partial charge in [0.2, 0.25) is 5.91 Å². The van der Waals surface area contributed by atoms with E-state index >= 15 is 0 Å². The van der Waals surface area contributed by atoms with Gasteiger partial charge in [-0.05, 0) is 43.3 Å². The molecule has 8 heteroatoms. The number of nitrogens with one attached hydrogen (secondary N) is 1. The third kappa shape index (κ3) is 4.73. The molecule has 1 atom stereocenters. The number of anilines is 2. The predicted molar refractivity (Wildman–Crippen MR) is 117 cm³/mol. The molecule has 0 saturated carbocycles. The van der Waals surface area contributed by atoms with Crippen LogP contribution in [0.3, 0.4) is 0 Å². The van der Waals surface area contributed by atoms with E-state index in [4.69, 9.17) is 4.74 Å². The second-order valence-electron chi connectivity index (χ2n) is 7.71. The van der Waals surface area contributed by atoms with Gasteiger partial charge in [0.25, 0.3) is 0 Å². The molecule has 0 aromatic heterocycles. The van der Waals surface area contributed by atoms with E-state index in [1.54, 1.807) is 21.9 Å². The van der Waals surface area contributed by atoms with Crippen molar-refractivity contribution in [2.24, 2.45) is 0 Å². The molecule has 0 bridgehead atoms. The summed E-state index contributed by atoms with van der Waals surface area (Å²) in [6.45, 7) is 5.09. The molecule has 0 aliphatic carbocycles. The highest BCUT2D eigenvalue weighted by Crippen LogP contribution is 2.25. The standard InChI is InChI=1S/C23H27FN4O3/c1-2-31-19-9-7-18(8-10-19)28-16-17(15-22(28)29)25-23(30)27-13-11-26(12-14-27)21-6-4-3-5-20(21)24/h3-10,17H,2,11-16H2,1H3,(H,25,30). The second kappa shape index (κ2) is 9.24. The van der Waals surface area contributed by atoms with Gasteiger partial charge in [0.05, 0.1) is 18.3 Å². The Bertz CT molecular complexity index is 929. The molecule has 2 heterocycles. The highest BCUT2D eigenvalue weighted by molar-refractivity contribution is 5.96. The van der Waals surface area contributed by atoms with Gasteiger partial charge in [-0.3, -0.25) is 4.79 Å². The molecule has 7 nitrogen and oxygen atoms in total. The number of hydrogen-bond acceptors (Lipinski definition) is 4. The molecule has 2 aromatic rings. The van der Waals surface area contributed by atoms with Gasteiger partial charge in [-0.15, -0.1) is 0 Å². The molecule has 4 rings (SSSR count). The molecular weight excluding hydrogens is 399 g/mol. The molecule has 0 spiro atoms. The molecule has 2 aromatic carbocycles. The van der Waals surface area contributed by atoms with Gasteiger partial charge in [0, 0.05) is 44.8 Å².